The van der Waals surface area contributed by atoms with Gasteiger partial charge in [0.05, 0.1) is 17.7 Å². The third-order valence-electron chi connectivity index (χ3n) is 3.68. The highest BCUT2D eigenvalue weighted by Gasteiger charge is 2.36. The number of nitrogens with one attached hydrogen (secondary N) is 2. The van der Waals surface area contributed by atoms with Crippen molar-refractivity contribution in [1.82, 2.24) is 15.5 Å². The van der Waals surface area contributed by atoms with Crippen LogP contribution in [0.4, 0.5) is 4.79 Å². The number of carbonyl (C=O) groups excluding carboxylic acids is 4. The first-order chi connectivity index (χ1) is 12.4. The van der Waals surface area contributed by atoms with Crippen LogP contribution >= 0.6 is 15.9 Å². The summed E-state index contributed by atoms with van der Waals surface area (Å²) in [4.78, 5) is 48.7. The Morgan fingerprint density at radius 3 is 2.54 bits per heavy atom. The van der Waals surface area contributed by atoms with E-state index in [-0.39, 0.29) is 30.8 Å². The molecule has 0 aliphatic carbocycles. The first-order valence-electron chi connectivity index (χ1n) is 8.27. The van der Waals surface area contributed by atoms with Gasteiger partial charge < -0.3 is 15.4 Å². The van der Waals surface area contributed by atoms with Crippen molar-refractivity contribution in [1.29, 1.82) is 0 Å². The Kier molecular flexibility index (Phi) is 7.14. The van der Waals surface area contributed by atoms with Crippen LogP contribution in [0.3, 0.4) is 0 Å². The van der Waals surface area contributed by atoms with E-state index in [1.54, 1.807) is 18.2 Å². The zero-order chi connectivity index (χ0) is 19.1. The highest BCUT2D eigenvalue weighted by atomic mass is 79.9. The zero-order valence-electron chi connectivity index (χ0n) is 14.3. The molecule has 0 radical (unpaired) electrons. The summed E-state index contributed by atoms with van der Waals surface area (Å²) in [5, 5.41) is 5.05. The molecule has 1 aromatic rings. The fraction of sp³-hybridized carbons (Fsp3) is 0.412. The molecule has 0 bridgehead atoms. The van der Waals surface area contributed by atoms with Crippen LogP contribution in [0.1, 0.15) is 40.5 Å². The van der Waals surface area contributed by atoms with Gasteiger partial charge in [0.1, 0.15) is 6.54 Å². The second-order valence-corrected chi connectivity index (χ2v) is 6.57. The highest BCUT2D eigenvalue weighted by Crippen LogP contribution is 2.25. The molecule has 2 N–H and O–H groups in total. The molecule has 26 heavy (non-hydrogen) atoms. The van der Waals surface area contributed by atoms with Gasteiger partial charge in [0.15, 0.2) is 0 Å². The van der Waals surface area contributed by atoms with Crippen LogP contribution in [-0.2, 0) is 9.53 Å². The van der Waals surface area contributed by atoms with Crippen LogP contribution in [0, 0.1) is 0 Å². The molecule has 9 heteroatoms. The fourth-order valence-corrected chi connectivity index (χ4v) is 2.69. The number of rotatable bonds is 8. The second kappa shape index (κ2) is 9.33. The second-order valence-electron chi connectivity index (χ2n) is 5.65. The summed E-state index contributed by atoms with van der Waals surface area (Å²) in [5.74, 6) is -1.48. The summed E-state index contributed by atoms with van der Waals surface area (Å²) in [6.07, 6.45) is 1.18. The number of fused-ring (bicyclic) bond motifs is 1. The lowest BCUT2D eigenvalue weighted by Crippen LogP contribution is -2.42. The highest BCUT2D eigenvalue weighted by molar-refractivity contribution is 9.10. The topological polar surface area (TPSA) is 105 Å². The van der Waals surface area contributed by atoms with Crippen LogP contribution in [0.5, 0.6) is 0 Å². The number of hydrogen-bond acceptors (Lipinski definition) is 5. The molecule has 0 fully saturated rings. The molecule has 0 aromatic heterocycles. The Hall–Kier alpha value is -2.42. The number of nitrogens with zero attached hydrogens (tertiary/aromatic N) is 1. The quantitative estimate of drug-likeness (QED) is 0.486. The lowest BCUT2D eigenvalue weighted by molar-refractivity contribution is -0.121. The average molecular weight is 426 g/mol. The van der Waals surface area contributed by atoms with Gasteiger partial charge in [-0.15, -0.1) is 0 Å². The monoisotopic (exact) mass is 425 g/mol. The zero-order valence-corrected chi connectivity index (χ0v) is 15.9. The first kappa shape index (κ1) is 19.9. The number of carbonyl (C=O) groups is 4. The minimum absolute atomic E-state index is 0.163. The van der Waals surface area contributed by atoms with Crippen LogP contribution in [-0.4, -0.2) is 55.0 Å². The van der Waals surface area contributed by atoms with E-state index in [1.165, 1.54) is 0 Å². The van der Waals surface area contributed by atoms with Gasteiger partial charge >= 0.3 is 6.09 Å². The van der Waals surface area contributed by atoms with Crippen molar-refractivity contribution in [2.45, 2.75) is 19.8 Å². The minimum Gasteiger partial charge on any atom is -0.450 e. The lowest BCUT2D eigenvalue weighted by atomic mass is 10.1. The van der Waals surface area contributed by atoms with Crippen molar-refractivity contribution in [2.24, 2.45) is 0 Å². The van der Waals surface area contributed by atoms with Crippen molar-refractivity contribution in [3.05, 3.63) is 33.8 Å². The summed E-state index contributed by atoms with van der Waals surface area (Å²) in [7, 11) is 0. The van der Waals surface area contributed by atoms with E-state index < -0.39 is 23.8 Å². The van der Waals surface area contributed by atoms with E-state index in [2.05, 4.69) is 26.6 Å². The number of unbranched alkanes of at least 4 members (excludes halogenated alkanes) is 1. The van der Waals surface area contributed by atoms with Crippen molar-refractivity contribution in [3.8, 4) is 0 Å². The largest absolute Gasteiger partial charge is 0.450 e. The average Bonchev–Trinajstić information content (AvgIpc) is 2.83. The summed E-state index contributed by atoms with van der Waals surface area (Å²) in [5.41, 5.74) is 0.552. The van der Waals surface area contributed by atoms with Gasteiger partial charge in [-0.25, -0.2) is 4.79 Å². The van der Waals surface area contributed by atoms with Crippen LogP contribution in [0.15, 0.2) is 22.7 Å². The van der Waals surface area contributed by atoms with E-state index in [4.69, 9.17) is 4.74 Å². The van der Waals surface area contributed by atoms with Crippen LogP contribution < -0.4 is 10.6 Å². The molecule has 1 aliphatic heterocycles. The summed E-state index contributed by atoms with van der Waals surface area (Å²) < 4.78 is 5.59. The lowest BCUT2D eigenvalue weighted by Gasteiger charge is -2.13. The molecular formula is C17H20BrN3O5. The number of benzene rings is 1. The van der Waals surface area contributed by atoms with E-state index in [1.807, 2.05) is 6.92 Å². The molecule has 0 saturated heterocycles. The predicted octanol–water partition coefficient (Wildman–Crippen LogP) is 1.69. The van der Waals surface area contributed by atoms with E-state index in [9.17, 15) is 19.2 Å². The standard InChI is InChI=1S/C17H20BrN3O5/c1-2-3-8-26-17(25)20-7-6-19-14(22)10-21-15(23)12-5-4-11(18)9-13(12)16(21)24/h4-5,9H,2-3,6-8,10H2,1H3,(H,19,22)(H,20,25). The number of ether oxygens (including phenoxy) is 1. The fourth-order valence-electron chi connectivity index (χ4n) is 2.33. The van der Waals surface area contributed by atoms with E-state index in [0.717, 1.165) is 17.7 Å². The van der Waals surface area contributed by atoms with E-state index >= 15 is 0 Å². The number of hydrogen-bond donors (Lipinski definition) is 2. The van der Waals surface area contributed by atoms with Gasteiger partial charge in [-0.1, -0.05) is 29.3 Å². The molecule has 1 heterocycles. The molecule has 0 saturated carbocycles. The molecule has 1 aromatic carbocycles. The summed E-state index contributed by atoms with van der Waals surface area (Å²) in [6, 6.07) is 4.77. The number of halogens is 1. The Morgan fingerprint density at radius 2 is 1.81 bits per heavy atom. The molecular weight excluding hydrogens is 406 g/mol. The Balaban J connectivity index is 1.74. The van der Waals surface area contributed by atoms with Gasteiger partial charge in [0, 0.05) is 17.6 Å². The molecule has 2 rings (SSSR count). The molecule has 0 atom stereocenters. The van der Waals surface area contributed by atoms with Gasteiger partial charge in [-0.05, 0) is 24.6 Å². The third kappa shape index (κ3) is 5.04. The summed E-state index contributed by atoms with van der Waals surface area (Å²) in [6.45, 7) is 2.32. The molecule has 0 unspecified atom stereocenters. The van der Waals surface area contributed by atoms with Gasteiger partial charge in [0.2, 0.25) is 5.91 Å². The van der Waals surface area contributed by atoms with Crippen LogP contribution in [0.2, 0.25) is 0 Å². The maximum atomic E-state index is 12.3. The Bertz CT molecular complexity index is 722. The van der Waals surface area contributed by atoms with Crippen molar-refractivity contribution >= 4 is 39.7 Å². The van der Waals surface area contributed by atoms with Gasteiger partial charge in [0.25, 0.3) is 11.8 Å². The SMILES string of the molecule is CCCCOC(=O)NCCNC(=O)CN1C(=O)c2ccc(Br)cc2C1=O. The number of imide groups is 1. The van der Waals surface area contributed by atoms with Gasteiger partial charge in [-0.2, -0.15) is 0 Å². The first-order valence-corrected chi connectivity index (χ1v) is 9.06. The van der Waals surface area contributed by atoms with Gasteiger partial charge in [-0.3, -0.25) is 19.3 Å². The smallest absolute Gasteiger partial charge is 0.407 e. The Morgan fingerprint density at radius 1 is 1.12 bits per heavy atom. The molecule has 140 valence electrons. The maximum Gasteiger partial charge on any atom is 0.407 e. The van der Waals surface area contributed by atoms with Crippen molar-refractivity contribution in [2.75, 3.05) is 26.2 Å². The summed E-state index contributed by atoms with van der Waals surface area (Å²) >= 11 is 3.25. The molecule has 8 nitrogen and oxygen atoms in total. The molecule has 4 amide bonds. The molecule has 0 spiro atoms. The van der Waals surface area contributed by atoms with Crippen molar-refractivity contribution in [3.63, 3.8) is 0 Å². The number of amides is 4. The Labute approximate surface area is 159 Å². The van der Waals surface area contributed by atoms with E-state index in [0.29, 0.717) is 11.1 Å². The molecule has 1 aliphatic rings. The minimum atomic E-state index is -0.543. The van der Waals surface area contributed by atoms with Crippen molar-refractivity contribution < 1.29 is 23.9 Å². The maximum absolute atomic E-state index is 12.3. The number of alkyl carbamates (subject to hydrolysis) is 1. The van der Waals surface area contributed by atoms with Crippen LogP contribution in [0.25, 0.3) is 0 Å². The normalized spacial score (nSPS) is 12.8. The predicted molar refractivity (Wildman–Crippen MR) is 96.8 cm³/mol. The third-order valence-corrected chi connectivity index (χ3v) is 4.18.